The standard InChI is InChI=1S/C28H31F2NO4.C22H26F2O5.C8H11N.C7H10N2.CH4/c1-27(2,3)35-26(34)19-14-28(20-12-18(29)10-11-22(20)30)15-21(28)25(19)23(32)13-24(33)31(4)16-17-8-6-5-7-9-17;1-5-28-18(26)9-17(25)19-13(20(27)29-21(2,3)4)10-22(11-15(19)22)14-8-12(23)6-7-16(14)24;1-9-7-8-5-3-2-4-6-8;1-9(2)7-3-5-8-6-4-7;/h5-12,19,21,25H,13-16H2,1-4H3;6-8,13,15,19H,5,9-11H2,1-4H3;2-6,9H,7H2,1H3;3-6H,1-2H3;1H4/t19?,21-,25?,28-;13?,15-,19?,22-;;;/m00.../s1. The number of hydrogen-bond donors (Lipinski definition) is 1. The van der Waals surface area contributed by atoms with Crippen molar-refractivity contribution >= 4 is 41.1 Å². The molecule has 0 saturated heterocycles. The SMILES string of the molecule is C.CCOC(=O)CC(=O)C1C(C(=O)OC(C)(C)C)C[C@@]2(c3cc(F)ccc3F)C[C@@H]12.CN(C)c1ccncc1.CN(Cc1ccccc1)C(=O)CC(=O)C1C(C(=O)OC(C)(C)C)C[C@@]2(c3cc(F)ccc3F)C[C@@H]12.CNCc1ccccc1. The number of aromatic nitrogens is 1. The van der Waals surface area contributed by atoms with E-state index in [2.05, 4.69) is 22.4 Å². The normalized spacial score (nSPS) is 22.3. The minimum Gasteiger partial charge on any atom is -0.466 e. The number of ketones is 2. The van der Waals surface area contributed by atoms with Gasteiger partial charge in [0.15, 0.2) is 0 Å². The molecular weight excluding hydrogens is 1070 g/mol. The summed E-state index contributed by atoms with van der Waals surface area (Å²) in [5, 5.41) is 3.08. The van der Waals surface area contributed by atoms with Crippen LogP contribution in [0.1, 0.15) is 117 Å². The Hall–Kier alpha value is -7.27. The molecule has 4 aliphatic carbocycles. The summed E-state index contributed by atoms with van der Waals surface area (Å²) in [5.41, 5.74) is 0.726. The Kier molecular flexibility index (Phi) is 22.7. The maximum Gasteiger partial charge on any atom is 0.313 e. The van der Waals surface area contributed by atoms with Crippen molar-refractivity contribution in [1.82, 2.24) is 15.2 Å². The molecule has 1 heterocycles. The number of rotatable bonds is 16. The Labute approximate surface area is 486 Å². The zero-order chi connectivity index (χ0) is 60.3. The van der Waals surface area contributed by atoms with Gasteiger partial charge >= 0.3 is 17.9 Å². The Balaban J connectivity index is 0.000000233. The zero-order valence-corrected chi connectivity index (χ0v) is 48.9. The van der Waals surface area contributed by atoms with Crippen molar-refractivity contribution in [2.24, 2.45) is 35.5 Å². The highest BCUT2D eigenvalue weighted by Crippen LogP contribution is 2.70. The van der Waals surface area contributed by atoms with Gasteiger partial charge in [-0.3, -0.25) is 33.8 Å². The number of anilines is 1. The highest BCUT2D eigenvalue weighted by molar-refractivity contribution is 6.02. The summed E-state index contributed by atoms with van der Waals surface area (Å²) < 4.78 is 72.9. The summed E-state index contributed by atoms with van der Waals surface area (Å²) in [6.07, 6.45) is 4.08. The molecule has 4 saturated carbocycles. The van der Waals surface area contributed by atoms with Crippen LogP contribution in [0.2, 0.25) is 0 Å². The smallest absolute Gasteiger partial charge is 0.313 e. The number of esters is 3. The van der Waals surface area contributed by atoms with Crippen molar-refractivity contribution < 1.29 is 60.5 Å². The fourth-order valence-corrected chi connectivity index (χ4v) is 11.6. The molecule has 4 aliphatic rings. The number of nitrogens with one attached hydrogen (secondary N) is 1. The van der Waals surface area contributed by atoms with E-state index >= 15 is 0 Å². The van der Waals surface area contributed by atoms with Gasteiger partial charge in [0.2, 0.25) is 5.91 Å². The molecule has 0 spiro atoms. The molecule has 4 aromatic carbocycles. The van der Waals surface area contributed by atoms with Crippen molar-refractivity contribution in [2.75, 3.05) is 39.7 Å². The molecule has 0 bridgehead atoms. The molecule has 0 aliphatic heterocycles. The number of carbonyl (C=O) groups is 6. The molecule has 1 N–H and O–H groups in total. The minimum atomic E-state index is -0.810. The monoisotopic (exact) mass is 1150 g/mol. The quantitative estimate of drug-likeness (QED) is 0.0431. The van der Waals surface area contributed by atoms with Crippen molar-refractivity contribution in [3.05, 3.63) is 167 Å². The fourth-order valence-electron chi connectivity index (χ4n) is 11.6. The Morgan fingerprint density at radius 2 is 1.05 bits per heavy atom. The van der Waals surface area contributed by atoms with Crippen LogP contribution in [0.25, 0.3) is 0 Å². The van der Waals surface area contributed by atoms with Crippen LogP contribution >= 0.6 is 0 Å². The van der Waals surface area contributed by atoms with Crippen LogP contribution in [0.4, 0.5) is 23.2 Å². The average molecular weight is 1150 g/mol. The lowest BCUT2D eigenvalue weighted by atomic mass is 9.85. The lowest BCUT2D eigenvalue weighted by Crippen LogP contribution is -2.36. The van der Waals surface area contributed by atoms with E-state index in [1.807, 2.05) is 86.7 Å². The van der Waals surface area contributed by atoms with E-state index in [0.29, 0.717) is 19.4 Å². The first-order valence-electron chi connectivity index (χ1n) is 27.7. The number of halogens is 4. The maximum absolute atomic E-state index is 14.7. The lowest BCUT2D eigenvalue weighted by molar-refractivity contribution is -0.164. The second-order valence-corrected chi connectivity index (χ2v) is 23.9. The van der Waals surface area contributed by atoms with Crippen molar-refractivity contribution in [2.45, 2.75) is 130 Å². The van der Waals surface area contributed by atoms with Crippen molar-refractivity contribution in [3.63, 3.8) is 0 Å². The van der Waals surface area contributed by atoms with Crippen LogP contribution in [-0.2, 0) is 66.9 Å². The summed E-state index contributed by atoms with van der Waals surface area (Å²) in [7, 11) is 7.60. The van der Waals surface area contributed by atoms with Gasteiger partial charge < -0.3 is 29.3 Å². The van der Waals surface area contributed by atoms with Crippen LogP contribution in [0.5, 0.6) is 0 Å². The van der Waals surface area contributed by atoms with E-state index in [1.54, 1.807) is 67.9 Å². The molecular formula is C66H82F4N4O9. The number of nitrogens with zero attached hydrogens (tertiary/aromatic N) is 3. The number of fused-ring (bicyclic) bond motifs is 2. The van der Waals surface area contributed by atoms with Gasteiger partial charge in [-0.1, -0.05) is 68.1 Å². The van der Waals surface area contributed by atoms with Gasteiger partial charge in [-0.05, 0) is 164 Å². The van der Waals surface area contributed by atoms with Crippen molar-refractivity contribution in [3.8, 4) is 0 Å². The van der Waals surface area contributed by atoms with Gasteiger partial charge in [-0.2, -0.15) is 0 Å². The largest absolute Gasteiger partial charge is 0.466 e. The second-order valence-electron chi connectivity index (χ2n) is 23.9. The number of Topliss-reactive ketones (excluding diaryl/α,β-unsaturated/α-hetero) is 2. The highest BCUT2D eigenvalue weighted by Gasteiger charge is 2.71. The summed E-state index contributed by atoms with van der Waals surface area (Å²) >= 11 is 0. The van der Waals surface area contributed by atoms with Crippen LogP contribution in [0, 0.1) is 58.8 Å². The molecule has 1 amide bonds. The Morgan fingerprint density at radius 3 is 1.45 bits per heavy atom. The molecule has 0 radical (unpaired) electrons. The van der Waals surface area contributed by atoms with E-state index in [-0.39, 0.29) is 67.9 Å². The van der Waals surface area contributed by atoms with Gasteiger partial charge in [0.1, 0.15) is 52.5 Å². The number of benzene rings is 4. The van der Waals surface area contributed by atoms with Crippen LogP contribution in [-0.4, -0.2) is 91.3 Å². The number of hydrogen-bond acceptors (Lipinski definition) is 12. The third-order valence-corrected chi connectivity index (χ3v) is 15.3. The van der Waals surface area contributed by atoms with E-state index in [0.717, 1.165) is 48.5 Å². The fraction of sp³-hybridized carbons (Fsp3) is 0.470. The number of pyridine rings is 1. The average Bonchev–Trinajstić information content (AvgIpc) is 1.56. The van der Waals surface area contributed by atoms with Gasteiger partial charge in [0.25, 0.3) is 0 Å². The highest BCUT2D eigenvalue weighted by atomic mass is 19.1. The van der Waals surface area contributed by atoms with Crippen molar-refractivity contribution in [1.29, 1.82) is 0 Å². The molecule has 17 heteroatoms. The zero-order valence-electron chi connectivity index (χ0n) is 48.9. The van der Waals surface area contributed by atoms with Gasteiger partial charge in [0, 0.05) is 75.0 Å². The predicted octanol–water partition coefficient (Wildman–Crippen LogP) is 11.7. The molecule has 448 valence electrons. The third kappa shape index (κ3) is 17.4. The Morgan fingerprint density at radius 1 is 0.614 bits per heavy atom. The number of carbonyl (C=O) groups excluding carboxylic acids is 6. The molecule has 13 nitrogen and oxygen atoms in total. The van der Waals surface area contributed by atoms with Gasteiger partial charge in [-0.25, -0.2) is 17.6 Å². The maximum atomic E-state index is 14.7. The summed E-state index contributed by atoms with van der Waals surface area (Å²) in [5.74, 6) is -8.97. The molecule has 5 aromatic rings. The molecule has 1 aromatic heterocycles. The molecule has 4 unspecified atom stereocenters. The molecule has 8 atom stereocenters. The van der Waals surface area contributed by atoms with Crippen LogP contribution in [0.3, 0.4) is 0 Å². The summed E-state index contributed by atoms with van der Waals surface area (Å²) in [6.45, 7) is 13.5. The first-order valence-corrected chi connectivity index (χ1v) is 27.7. The molecule has 4 fully saturated rings. The number of amides is 1. The summed E-state index contributed by atoms with van der Waals surface area (Å²) in [4.78, 5) is 84.4. The van der Waals surface area contributed by atoms with E-state index < -0.39 is 99.1 Å². The van der Waals surface area contributed by atoms with E-state index in [9.17, 15) is 46.3 Å². The third-order valence-electron chi connectivity index (χ3n) is 15.3. The number of ether oxygens (including phenoxy) is 3. The first kappa shape index (κ1) is 66.5. The first-order chi connectivity index (χ1) is 38.6. The molecule has 9 rings (SSSR count). The van der Waals surface area contributed by atoms with E-state index in [4.69, 9.17) is 14.2 Å². The predicted molar refractivity (Wildman–Crippen MR) is 310 cm³/mol. The second kappa shape index (κ2) is 28.3. The Bertz CT molecular complexity index is 3030. The topological polar surface area (TPSA) is 162 Å². The molecule has 83 heavy (non-hydrogen) atoms. The van der Waals surface area contributed by atoms with Crippen LogP contribution in [0.15, 0.2) is 122 Å². The summed E-state index contributed by atoms with van der Waals surface area (Å²) in [6, 6.07) is 30.2. The lowest BCUT2D eigenvalue weighted by Gasteiger charge is -2.26. The van der Waals surface area contributed by atoms with Gasteiger partial charge in [0.05, 0.1) is 24.9 Å². The van der Waals surface area contributed by atoms with Crippen LogP contribution < -0.4 is 10.2 Å². The van der Waals surface area contributed by atoms with Gasteiger partial charge in [-0.15, -0.1) is 0 Å². The minimum absolute atomic E-state index is 0. The van der Waals surface area contributed by atoms with E-state index in [1.165, 1.54) is 16.2 Å².